The lowest BCUT2D eigenvalue weighted by atomic mass is 10.0. The normalized spacial score (nSPS) is 11.0. The molecule has 0 unspecified atom stereocenters. The zero-order valence-electron chi connectivity index (χ0n) is 9.44. The molecule has 0 radical (unpaired) electrons. The van der Waals surface area contributed by atoms with Crippen molar-refractivity contribution in [2.24, 2.45) is 5.73 Å². The number of rotatable bonds is 1. The Bertz CT molecular complexity index is 599. The molecule has 1 amide bonds. The Balaban J connectivity index is 3.01. The topological polar surface area (TPSA) is 58.9 Å². The average molecular weight is 281 g/mol. The Morgan fingerprint density at radius 2 is 2.00 bits per heavy atom. The fraction of sp³-hybridized carbons (Fsp3) is 0.250. The number of hydrogen-bond acceptors (Lipinski definition) is 1. The van der Waals surface area contributed by atoms with Gasteiger partial charge in [0.05, 0.1) is 11.1 Å². The van der Waals surface area contributed by atoms with Crippen LogP contribution in [0.25, 0.3) is 10.9 Å². The Morgan fingerprint density at radius 3 is 2.56 bits per heavy atom. The number of aromatic amines is 1. The average Bonchev–Trinajstić information content (AvgIpc) is 2.49. The van der Waals surface area contributed by atoms with Crippen LogP contribution in [0.5, 0.6) is 0 Å². The Labute approximate surface area is 102 Å². The van der Waals surface area contributed by atoms with Crippen molar-refractivity contribution in [1.82, 2.24) is 4.98 Å². The number of primary amides is 1. The zero-order valence-corrected chi connectivity index (χ0v) is 11.0. The van der Waals surface area contributed by atoms with Crippen LogP contribution in [-0.2, 0) is 0 Å². The molecule has 1 aromatic heterocycles. The fourth-order valence-electron chi connectivity index (χ4n) is 1.94. The van der Waals surface area contributed by atoms with Crippen LogP contribution in [0.15, 0.2) is 10.5 Å². The first-order valence-corrected chi connectivity index (χ1v) is 5.80. The molecule has 0 saturated carbocycles. The SMILES string of the molecule is Cc1cc(C(N)=O)c2[nH]c(C)c(C)c2c1Br. The highest BCUT2D eigenvalue weighted by atomic mass is 79.9. The van der Waals surface area contributed by atoms with Crippen LogP contribution >= 0.6 is 15.9 Å². The van der Waals surface area contributed by atoms with Gasteiger partial charge in [0.2, 0.25) is 0 Å². The van der Waals surface area contributed by atoms with Crippen LogP contribution in [0, 0.1) is 20.8 Å². The number of benzene rings is 1. The van der Waals surface area contributed by atoms with E-state index in [1.807, 2.05) is 26.8 Å². The summed E-state index contributed by atoms with van der Waals surface area (Å²) in [6, 6.07) is 1.81. The van der Waals surface area contributed by atoms with Crippen LogP contribution in [0.2, 0.25) is 0 Å². The number of aromatic nitrogens is 1. The predicted octanol–water partition coefficient (Wildman–Crippen LogP) is 2.95. The van der Waals surface area contributed by atoms with Crippen LogP contribution in [0.3, 0.4) is 0 Å². The minimum absolute atomic E-state index is 0.401. The summed E-state index contributed by atoms with van der Waals surface area (Å²) in [5.41, 5.74) is 9.97. The highest BCUT2D eigenvalue weighted by Gasteiger charge is 2.16. The van der Waals surface area contributed by atoms with Crippen molar-refractivity contribution in [3.05, 3.63) is 32.9 Å². The lowest BCUT2D eigenvalue weighted by Gasteiger charge is -2.05. The maximum atomic E-state index is 11.4. The van der Waals surface area contributed by atoms with Gasteiger partial charge >= 0.3 is 0 Å². The van der Waals surface area contributed by atoms with Crippen molar-refractivity contribution in [3.8, 4) is 0 Å². The molecule has 4 heteroatoms. The lowest BCUT2D eigenvalue weighted by molar-refractivity contribution is 0.100. The maximum Gasteiger partial charge on any atom is 0.250 e. The molecule has 0 aliphatic heterocycles. The number of halogens is 1. The van der Waals surface area contributed by atoms with Crippen molar-refractivity contribution in [2.75, 3.05) is 0 Å². The summed E-state index contributed by atoms with van der Waals surface area (Å²) in [5, 5.41) is 1.05. The van der Waals surface area contributed by atoms with Crippen molar-refractivity contribution in [2.45, 2.75) is 20.8 Å². The van der Waals surface area contributed by atoms with Gasteiger partial charge in [-0.2, -0.15) is 0 Å². The molecular weight excluding hydrogens is 268 g/mol. The first-order chi connectivity index (χ1) is 7.43. The number of H-pyrrole nitrogens is 1. The molecule has 3 nitrogen and oxygen atoms in total. The fourth-order valence-corrected chi connectivity index (χ4v) is 2.55. The van der Waals surface area contributed by atoms with E-state index < -0.39 is 5.91 Å². The van der Waals surface area contributed by atoms with Crippen molar-refractivity contribution < 1.29 is 4.79 Å². The Kier molecular flexibility index (Phi) is 2.54. The van der Waals surface area contributed by atoms with Gasteiger partial charge in [-0.25, -0.2) is 0 Å². The predicted molar refractivity (Wildman–Crippen MR) is 68.7 cm³/mol. The molecule has 3 N–H and O–H groups in total. The molecule has 1 aromatic carbocycles. The van der Waals surface area contributed by atoms with Gasteiger partial charge < -0.3 is 10.7 Å². The zero-order chi connectivity index (χ0) is 12.0. The van der Waals surface area contributed by atoms with E-state index in [-0.39, 0.29) is 0 Å². The van der Waals surface area contributed by atoms with Gasteiger partial charge in [-0.1, -0.05) is 0 Å². The number of amides is 1. The molecule has 0 atom stereocenters. The second-order valence-corrected chi connectivity index (χ2v) is 4.84. The first-order valence-electron chi connectivity index (χ1n) is 5.01. The lowest BCUT2D eigenvalue weighted by Crippen LogP contribution is -2.12. The van der Waals surface area contributed by atoms with Gasteiger partial charge in [0.25, 0.3) is 5.91 Å². The number of fused-ring (bicyclic) bond motifs is 1. The molecular formula is C12H13BrN2O. The summed E-state index contributed by atoms with van der Waals surface area (Å²) in [7, 11) is 0. The molecule has 16 heavy (non-hydrogen) atoms. The smallest absolute Gasteiger partial charge is 0.250 e. The second-order valence-electron chi connectivity index (χ2n) is 4.04. The minimum Gasteiger partial charge on any atom is -0.366 e. The van der Waals surface area contributed by atoms with Crippen LogP contribution in [0.4, 0.5) is 0 Å². The molecule has 84 valence electrons. The van der Waals surface area contributed by atoms with Crippen molar-refractivity contribution in [3.63, 3.8) is 0 Å². The number of carbonyl (C=O) groups excluding carboxylic acids is 1. The van der Waals surface area contributed by atoms with Crippen LogP contribution < -0.4 is 5.73 Å². The van der Waals surface area contributed by atoms with E-state index >= 15 is 0 Å². The van der Waals surface area contributed by atoms with Gasteiger partial charge in [-0.15, -0.1) is 0 Å². The third-order valence-electron chi connectivity index (χ3n) is 2.96. The van der Waals surface area contributed by atoms with Crippen molar-refractivity contribution >= 4 is 32.7 Å². The first kappa shape index (κ1) is 11.2. The Hall–Kier alpha value is -1.29. The van der Waals surface area contributed by atoms with Gasteiger partial charge in [0.15, 0.2) is 0 Å². The Morgan fingerprint density at radius 1 is 1.38 bits per heavy atom. The molecule has 2 rings (SSSR count). The van der Waals surface area contributed by atoms with Gasteiger partial charge in [-0.05, 0) is 53.9 Å². The quantitative estimate of drug-likeness (QED) is 0.829. The highest BCUT2D eigenvalue weighted by molar-refractivity contribution is 9.10. The molecule has 0 aliphatic carbocycles. The van der Waals surface area contributed by atoms with E-state index in [1.165, 1.54) is 0 Å². The van der Waals surface area contributed by atoms with E-state index in [0.29, 0.717) is 5.56 Å². The summed E-state index contributed by atoms with van der Waals surface area (Å²) in [6.07, 6.45) is 0. The largest absolute Gasteiger partial charge is 0.366 e. The van der Waals surface area contributed by atoms with Crippen molar-refractivity contribution in [1.29, 1.82) is 0 Å². The number of carbonyl (C=O) groups is 1. The molecule has 0 fully saturated rings. The third kappa shape index (κ3) is 1.45. The number of aryl methyl sites for hydroxylation is 3. The summed E-state index contributed by atoms with van der Waals surface area (Å²) in [5.74, 6) is -0.401. The third-order valence-corrected chi connectivity index (χ3v) is 3.98. The van der Waals surface area contributed by atoms with Crippen LogP contribution in [0.1, 0.15) is 27.2 Å². The summed E-state index contributed by atoms with van der Waals surface area (Å²) >= 11 is 3.56. The minimum atomic E-state index is -0.401. The van der Waals surface area contributed by atoms with Gasteiger partial charge in [-0.3, -0.25) is 4.79 Å². The molecule has 2 aromatic rings. The van der Waals surface area contributed by atoms with E-state index in [9.17, 15) is 4.79 Å². The molecule has 0 bridgehead atoms. The molecule has 1 heterocycles. The van der Waals surface area contributed by atoms with E-state index in [2.05, 4.69) is 20.9 Å². The molecule has 0 saturated heterocycles. The van der Waals surface area contributed by atoms with E-state index in [4.69, 9.17) is 5.73 Å². The number of nitrogens with two attached hydrogens (primary N) is 1. The molecule has 0 aliphatic rings. The second kappa shape index (κ2) is 3.63. The molecule has 0 spiro atoms. The van der Waals surface area contributed by atoms with E-state index in [1.54, 1.807) is 0 Å². The maximum absolute atomic E-state index is 11.4. The standard InChI is InChI=1S/C12H13BrN2O/c1-5-4-8(12(14)16)11-9(10(5)13)6(2)7(3)15-11/h4,15H,1-3H3,(H2,14,16). The van der Waals surface area contributed by atoms with E-state index in [0.717, 1.165) is 32.2 Å². The van der Waals surface area contributed by atoms with Gasteiger partial charge in [0.1, 0.15) is 0 Å². The highest BCUT2D eigenvalue weighted by Crippen LogP contribution is 2.33. The summed E-state index contributed by atoms with van der Waals surface area (Å²) in [6.45, 7) is 5.97. The monoisotopic (exact) mass is 280 g/mol. The summed E-state index contributed by atoms with van der Waals surface area (Å²) < 4.78 is 1.02. The number of nitrogens with one attached hydrogen (secondary N) is 1. The summed E-state index contributed by atoms with van der Waals surface area (Å²) in [4.78, 5) is 14.6. The number of hydrogen-bond donors (Lipinski definition) is 2. The van der Waals surface area contributed by atoms with Gasteiger partial charge in [0, 0.05) is 15.6 Å². The van der Waals surface area contributed by atoms with Crippen LogP contribution in [-0.4, -0.2) is 10.9 Å².